The van der Waals surface area contributed by atoms with E-state index in [9.17, 15) is 14.5 Å². The van der Waals surface area contributed by atoms with Crippen LogP contribution >= 0.6 is 0 Å². The molecule has 2 aromatic carbocycles. The molecule has 1 aromatic heterocycles. The van der Waals surface area contributed by atoms with Crippen LogP contribution in [-0.2, 0) is 0 Å². The standard InChI is InChI=1S/C16H13FN2O2/c17-15-7-3-1-5-11(15)14(10-19(20)21)13-9-18-16-8-4-2-6-12(13)16/h1-9,14,18H,10H2. The molecular weight excluding hydrogens is 271 g/mol. The maximum atomic E-state index is 14.0. The summed E-state index contributed by atoms with van der Waals surface area (Å²) in [5.74, 6) is -1.04. The van der Waals surface area contributed by atoms with E-state index in [4.69, 9.17) is 0 Å². The first-order valence-electron chi connectivity index (χ1n) is 6.59. The van der Waals surface area contributed by atoms with E-state index in [-0.39, 0.29) is 6.54 Å². The van der Waals surface area contributed by atoms with Gasteiger partial charge in [-0.05, 0) is 17.7 Å². The minimum Gasteiger partial charge on any atom is -0.361 e. The summed E-state index contributed by atoms with van der Waals surface area (Å²) in [6.07, 6.45) is 1.73. The fourth-order valence-corrected chi connectivity index (χ4v) is 2.65. The van der Waals surface area contributed by atoms with Gasteiger partial charge < -0.3 is 4.98 Å². The predicted molar refractivity (Wildman–Crippen MR) is 78.4 cm³/mol. The maximum Gasteiger partial charge on any atom is 0.214 e. The first-order chi connectivity index (χ1) is 10.2. The highest BCUT2D eigenvalue weighted by molar-refractivity contribution is 5.84. The number of aromatic nitrogens is 1. The minimum absolute atomic E-state index is 0.344. The smallest absolute Gasteiger partial charge is 0.214 e. The van der Waals surface area contributed by atoms with Crippen LogP contribution in [0, 0.1) is 15.9 Å². The molecule has 0 saturated heterocycles. The average Bonchev–Trinajstić information content (AvgIpc) is 2.89. The molecule has 0 saturated carbocycles. The molecule has 1 unspecified atom stereocenters. The normalized spacial score (nSPS) is 12.4. The Morgan fingerprint density at radius 2 is 1.81 bits per heavy atom. The van der Waals surface area contributed by atoms with E-state index in [0.717, 1.165) is 16.5 Å². The minimum atomic E-state index is -0.614. The monoisotopic (exact) mass is 284 g/mol. The number of rotatable bonds is 4. The fraction of sp³-hybridized carbons (Fsp3) is 0.125. The molecule has 0 radical (unpaired) electrons. The van der Waals surface area contributed by atoms with Crippen LogP contribution in [0.15, 0.2) is 54.7 Å². The second-order valence-corrected chi connectivity index (χ2v) is 4.88. The molecule has 1 N–H and O–H groups in total. The van der Waals surface area contributed by atoms with Gasteiger partial charge in [-0.2, -0.15) is 0 Å². The SMILES string of the molecule is O=[N+]([O-])CC(c1ccccc1F)c1c[nH]c2ccccc12. The molecular formula is C16H13FN2O2. The third-order valence-electron chi connectivity index (χ3n) is 3.61. The molecule has 1 heterocycles. The summed E-state index contributed by atoms with van der Waals surface area (Å²) in [6, 6.07) is 13.7. The van der Waals surface area contributed by atoms with Crippen molar-refractivity contribution in [2.24, 2.45) is 0 Å². The van der Waals surface area contributed by atoms with Crippen molar-refractivity contribution in [2.75, 3.05) is 6.54 Å². The summed E-state index contributed by atoms with van der Waals surface area (Å²) < 4.78 is 14.0. The number of H-pyrrole nitrogens is 1. The second-order valence-electron chi connectivity index (χ2n) is 4.88. The molecule has 4 nitrogen and oxygen atoms in total. The maximum absolute atomic E-state index is 14.0. The van der Waals surface area contributed by atoms with E-state index in [1.54, 1.807) is 24.4 Å². The van der Waals surface area contributed by atoms with Gasteiger partial charge in [-0.1, -0.05) is 36.4 Å². The van der Waals surface area contributed by atoms with Crippen LogP contribution in [0.4, 0.5) is 4.39 Å². The molecule has 0 bridgehead atoms. The van der Waals surface area contributed by atoms with Crippen molar-refractivity contribution in [3.8, 4) is 0 Å². The van der Waals surface area contributed by atoms with Gasteiger partial charge in [-0.3, -0.25) is 10.1 Å². The Morgan fingerprint density at radius 3 is 2.57 bits per heavy atom. The highest BCUT2D eigenvalue weighted by Gasteiger charge is 2.25. The van der Waals surface area contributed by atoms with Crippen LogP contribution in [0.3, 0.4) is 0 Å². The van der Waals surface area contributed by atoms with Crippen molar-refractivity contribution in [3.05, 3.63) is 81.8 Å². The number of para-hydroxylation sites is 1. The average molecular weight is 284 g/mol. The summed E-state index contributed by atoms with van der Waals surface area (Å²) >= 11 is 0. The van der Waals surface area contributed by atoms with Gasteiger partial charge in [0, 0.05) is 27.6 Å². The molecule has 1 atom stereocenters. The molecule has 3 aromatic rings. The Morgan fingerprint density at radius 1 is 1.10 bits per heavy atom. The Bertz CT molecular complexity index is 798. The van der Waals surface area contributed by atoms with E-state index in [0.29, 0.717) is 5.56 Å². The van der Waals surface area contributed by atoms with Crippen LogP contribution in [0.25, 0.3) is 10.9 Å². The van der Waals surface area contributed by atoms with Crippen molar-refractivity contribution in [1.82, 2.24) is 4.98 Å². The largest absolute Gasteiger partial charge is 0.361 e. The zero-order chi connectivity index (χ0) is 14.8. The fourth-order valence-electron chi connectivity index (χ4n) is 2.65. The molecule has 5 heteroatoms. The van der Waals surface area contributed by atoms with Crippen LogP contribution in [-0.4, -0.2) is 16.5 Å². The van der Waals surface area contributed by atoms with Gasteiger partial charge in [-0.25, -0.2) is 4.39 Å². The summed E-state index contributed by atoms with van der Waals surface area (Å²) in [5.41, 5.74) is 1.98. The van der Waals surface area contributed by atoms with E-state index in [1.807, 2.05) is 24.3 Å². The first kappa shape index (κ1) is 13.3. The van der Waals surface area contributed by atoms with Crippen molar-refractivity contribution in [2.45, 2.75) is 5.92 Å². The van der Waals surface area contributed by atoms with Crippen LogP contribution in [0.1, 0.15) is 17.0 Å². The lowest BCUT2D eigenvalue weighted by molar-refractivity contribution is -0.481. The third-order valence-corrected chi connectivity index (χ3v) is 3.61. The highest BCUT2D eigenvalue weighted by atomic mass is 19.1. The van der Waals surface area contributed by atoms with E-state index < -0.39 is 16.7 Å². The number of aromatic amines is 1. The lowest BCUT2D eigenvalue weighted by Gasteiger charge is -2.13. The third kappa shape index (κ3) is 2.50. The second kappa shape index (κ2) is 5.36. The Balaban J connectivity index is 2.16. The molecule has 0 aliphatic carbocycles. The number of fused-ring (bicyclic) bond motifs is 1. The number of benzene rings is 2. The predicted octanol–water partition coefficient (Wildman–Crippen LogP) is 3.72. The summed E-state index contributed by atoms with van der Waals surface area (Å²) in [4.78, 5) is 13.7. The molecule has 0 spiro atoms. The van der Waals surface area contributed by atoms with E-state index in [2.05, 4.69) is 4.98 Å². The first-order valence-corrected chi connectivity index (χ1v) is 6.59. The summed E-state index contributed by atoms with van der Waals surface area (Å²) in [7, 11) is 0. The number of hydrogen-bond donors (Lipinski definition) is 1. The molecule has 0 aliphatic rings. The van der Waals surface area contributed by atoms with Crippen LogP contribution in [0.5, 0.6) is 0 Å². The van der Waals surface area contributed by atoms with Gasteiger partial charge in [0.1, 0.15) is 5.82 Å². The van der Waals surface area contributed by atoms with Crippen LogP contribution < -0.4 is 0 Å². The Labute approximate surface area is 120 Å². The van der Waals surface area contributed by atoms with E-state index >= 15 is 0 Å². The molecule has 0 amide bonds. The lowest BCUT2D eigenvalue weighted by atomic mass is 9.90. The van der Waals surface area contributed by atoms with Crippen molar-refractivity contribution >= 4 is 10.9 Å². The zero-order valence-corrected chi connectivity index (χ0v) is 11.1. The zero-order valence-electron chi connectivity index (χ0n) is 11.1. The van der Waals surface area contributed by atoms with Gasteiger partial charge in [0.25, 0.3) is 0 Å². The Hall–Kier alpha value is -2.69. The van der Waals surface area contributed by atoms with Crippen LogP contribution in [0.2, 0.25) is 0 Å². The van der Waals surface area contributed by atoms with Gasteiger partial charge in [-0.15, -0.1) is 0 Å². The van der Waals surface area contributed by atoms with E-state index in [1.165, 1.54) is 6.07 Å². The molecule has 3 rings (SSSR count). The van der Waals surface area contributed by atoms with Gasteiger partial charge in [0.15, 0.2) is 0 Å². The highest BCUT2D eigenvalue weighted by Crippen LogP contribution is 2.32. The number of halogens is 1. The number of hydrogen-bond acceptors (Lipinski definition) is 2. The van der Waals surface area contributed by atoms with Crippen molar-refractivity contribution in [3.63, 3.8) is 0 Å². The number of nitrogens with zero attached hydrogens (tertiary/aromatic N) is 1. The Kier molecular flexibility index (Phi) is 3.39. The summed E-state index contributed by atoms with van der Waals surface area (Å²) in [5, 5.41) is 11.9. The van der Waals surface area contributed by atoms with Crippen molar-refractivity contribution in [1.29, 1.82) is 0 Å². The summed E-state index contributed by atoms with van der Waals surface area (Å²) in [6.45, 7) is -0.344. The van der Waals surface area contributed by atoms with Crippen molar-refractivity contribution < 1.29 is 9.31 Å². The van der Waals surface area contributed by atoms with Gasteiger partial charge in [0.05, 0.1) is 5.92 Å². The molecule has 0 fully saturated rings. The molecule has 106 valence electrons. The molecule has 21 heavy (non-hydrogen) atoms. The number of nitro groups is 1. The quantitative estimate of drug-likeness (QED) is 0.586. The lowest BCUT2D eigenvalue weighted by Crippen LogP contribution is -2.15. The van der Waals surface area contributed by atoms with Gasteiger partial charge in [0.2, 0.25) is 6.54 Å². The number of nitrogens with one attached hydrogen (secondary N) is 1. The topological polar surface area (TPSA) is 58.9 Å². The molecule has 0 aliphatic heterocycles. The van der Waals surface area contributed by atoms with Gasteiger partial charge >= 0.3 is 0 Å².